The van der Waals surface area contributed by atoms with Crippen molar-refractivity contribution in [3.8, 4) is 0 Å². The van der Waals surface area contributed by atoms with Gasteiger partial charge < -0.3 is 10.2 Å². The van der Waals surface area contributed by atoms with Crippen molar-refractivity contribution in [2.45, 2.75) is 49.6 Å². The number of anilines is 1. The van der Waals surface area contributed by atoms with Gasteiger partial charge in [-0.05, 0) is 57.0 Å². The second-order valence-electron chi connectivity index (χ2n) is 6.34. The summed E-state index contributed by atoms with van der Waals surface area (Å²) in [5.74, 6) is 0.0995. The van der Waals surface area contributed by atoms with E-state index in [1.54, 1.807) is 29.2 Å². The van der Waals surface area contributed by atoms with Gasteiger partial charge in [-0.15, -0.1) is 12.4 Å². The molecule has 134 valence electrons. The van der Waals surface area contributed by atoms with E-state index in [-0.39, 0.29) is 29.3 Å². The maximum absolute atomic E-state index is 12.5. The maximum atomic E-state index is 12.5. The number of sulfonamides is 1. The number of amides is 1. The van der Waals surface area contributed by atoms with Crippen molar-refractivity contribution in [1.82, 2.24) is 10.0 Å². The Morgan fingerprint density at radius 1 is 1.25 bits per heavy atom. The highest BCUT2D eigenvalue weighted by Gasteiger charge is 2.25. The van der Waals surface area contributed by atoms with E-state index < -0.39 is 10.0 Å². The van der Waals surface area contributed by atoms with E-state index in [4.69, 9.17) is 0 Å². The molecule has 0 saturated carbocycles. The van der Waals surface area contributed by atoms with Crippen molar-refractivity contribution < 1.29 is 13.2 Å². The van der Waals surface area contributed by atoms with Crippen LogP contribution in [0.2, 0.25) is 0 Å². The molecule has 2 atom stereocenters. The summed E-state index contributed by atoms with van der Waals surface area (Å²) in [7, 11) is -3.52. The van der Waals surface area contributed by atoms with E-state index >= 15 is 0 Å². The fourth-order valence-corrected chi connectivity index (χ4v) is 4.54. The second kappa shape index (κ2) is 7.82. The van der Waals surface area contributed by atoms with Gasteiger partial charge in [0.05, 0.1) is 4.90 Å². The molecule has 0 aromatic heterocycles. The van der Waals surface area contributed by atoms with Gasteiger partial charge in [0.1, 0.15) is 0 Å². The first-order valence-electron chi connectivity index (χ1n) is 8.12. The van der Waals surface area contributed by atoms with Crippen LogP contribution in [0, 0.1) is 0 Å². The number of hydrogen-bond acceptors (Lipinski definition) is 4. The first kappa shape index (κ1) is 19.2. The SMILES string of the molecule is CC1CC(NS(=O)(=O)c2ccc(N3CCCC3=O)cc2)CCN1.Cl. The van der Waals surface area contributed by atoms with Gasteiger partial charge in [-0.2, -0.15) is 0 Å². The Balaban J connectivity index is 0.00000208. The van der Waals surface area contributed by atoms with Gasteiger partial charge >= 0.3 is 0 Å². The van der Waals surface area contributed by atoms with Gasteiger partial charge in [0, 0.05) is 30.7 Å². The maximum Gasteiger partial charge on any atom is 0.240 e. The van der Waals surface area contributed by atoms with E-state index in [0.29, 0.717) is 19.0 Å². The highest BCUT2D eigenvalue weighted by atomic mass is 35.5. The van der Waals surface area contributed by atoms with E-state index in [1.165, 1.54) is 0 Å². The van der Waals surface area contributed by atoms with Crippen LogP contribution in [0.5, 0.6) is 0 Å². The Morgan fingerprint density at radius 2 is 1.96 bits per heavy atom. The lowest BCUT2D eigenvalue weighted by Crippen LogP contribution is -2.46. The van der Waals surface area contributed by atoms with Gasteiger partial charge in [0.2, 0.25) is 15.9 Å². The highest BCUT2D eigenvalue weighted by molar-refractivity contribution is 7.89. The smallest absolute Gasteiger partial charge is 0.240 e. The lowest BCUT2D eigenvalue weighted by molar-refractivity contribution is -0.117. The summed E-state index contributed by atoms with van der Waals surface area (Å²) in [5.41, 5.74) is 0.766. The van der Waals surface area contributed by atoms with Crippen molar-refractivity contribution in [2.75, 3.05) is 18.0 Å². The zero-order valence-electron chi connectivity index (χ0n) is 13.7. The molecule has 2 fully saturated rings. The molecule has 1 aromatic rings. The minimum atomic E-state index is -3.52. The number of carbonyl (C=O) groups excluding carboxylic acids is 1. The van der Waals surface area contributed by atoms with Gasteiger partial charge in [0.25, 0.3) is 0 Å². The monoisotopic (exact) mass is 373 g/mol. The fraction of sp³-hybridized carbons (Fsp3) is 0.562. The topological polar surface area (TPSA) is 78.5 Å². The average Bonchev–Trinajstić information content (AvgIpc) is 2.93. The zero-order chi connectivity index (χ0) is 16.4. The predicted octanol–water partition coefficient (Wildman–Crippen LogP) is 1.65. The van der Waals surface area contributed by atoms with Crippen LogP contribution in [-0.4, -0.2) is 39.5 Å². The fourth-order valence-electron chi connectivity index (χ4n) is 3.25. The van der Waals surface area contributed by atoms with E-state index in [0.717, 1.165) is 31.5 Å². The Bertz CT molecular complexity index is 678. The van der Waals surface area contributed by atoms with Crippen LogP contribution in [0.15, 0.2) is 29.2 Å². The molecular weight excluding hydrogens is 350 g/mol. The van der Waals surface area contributed by atoms with Crippen LogP contribution in [-0.2, 0) is 14.8 Å². The third kappa shape index (κ3) is 4.27. The first-order valence-corrected chi connectivity index (χ1v) is 9.60. The summed E-state index contributed by atoms with van der Waals surface area (Å²) in [6.45, 7) is 3.59. The number of hydrogen-bond donors (Lipinski definition) is 2. The molecule has 2 N–H and O–H groups in total. The minimum absolute atomic E-state index is 0. The Morgan fingerprint density at radius 3 is 2.54 bits per heavy atom. The summed E-state index contributed by atoms with van der Waals surface area (Å²) < 4.78 is 27.8. The largest absolute Gasteiger partial charge is 0.314 e. The molecule has 1 amide bonds. The molecule has 24 heavy (non-hydrogen) atoms. The standard InChI is InChI=1S/C16H23N3O3S.ClH/c1-12-11-13(8-9-17-12)18-23(21,22)15-6-4-14(5-7-15)19-10-2-3-16(19)20;/h4-7,12-13,17-18H,2-3,8-11H2,1H3;1H. The molecule has 6 nitrogen and oxygen atoms in total. The Kier molecular flexibility index (Phi) is 6.25. The lowest BCUT2D eigenvalue weighted by atomic mass is 10.0. The van der Waals surface area contributed by atoms with E-state index in [2.05, 4.69) is 17.0 Å². The number of halogens is 1. The number of rotatable bonds is 4. The van der Waals surface area contributed by atoms with Crippen molar-refractivity contribution >= 4 is 34.0 Å². The minimum Gasteiger partial charge on any atom is -0.314 e. The third-order valence-electron chi connectivity index (χ3n) is 4.48. The summed E-state index contributed by atoms with van der Waals surface area (Å²) in [6.07, 6.45) is 3.01. The van der Waals surface area contributed by atoms with Crippen LogP contribution in [0.3, 0.4) is 0 Å². The molecule has 2 heterocycles. The number of piperidine rings is 1. The van der Waals surface area contributed by atoms with Crippen LogP contribution < -0.4 is 14.9 Å². The van der Waals surface area contributed by atoms with Crippen LogP contribution >= 0.6 is 12.4 Å². The molecule has 0 radical (unpaired) electrons. The Labute approximate surface area is 149 Å². The van der Waals surface area contributed by atoms with Gasteiger partial charge in [-0.1, -0.05) is 0 Å². The number of benzene rings is 1. The summed E-state index contributed by atoms with van der Waals surface area (Å²) in [5, 5.41) is 3.31. The van der Waals surface area contributed by atoms with Crippen LogP contribution in [0.4, 0.5) is 5.69 Å². The van der Waals surface area contributed by atoms with Crippen molar-refractivity contribution in [3.63, 3.8) is 0 Å². The first-order chi connectivity index (χ1) is 11.0. The molecule has 3 rings (SSSR count). The lowest BCUT2D eigenvalue weighted by Gasteiger charge is -2.28. The van der Waals surface area contributed by atoms with Crippen molar-refractivity contribution in [3.05, 3.63) is 24.3 Å². The van der Waals surface area contributed by atoms with Crippen LogP contribution in [0.1, 0.15) is 32.6 Å². The molecule has 2 unspecified atom stereocenters. The zero-order valence-corrected chi connectivity index (χ0v) is 15.3. The average molecular weight is 374 g/mol. The highest BCUT2D eigenvalue weighted by Crippen LogP contribution is 2.23. The van der Waals surface area contributed by atoms with Crippen molar-refractivity contribution in [1.29, 1.82) is 0 Å². The summed E-state index contributed by atoms with van der Waals surface area (Å²) in [4.78, 5) is 13.7. The van der Waals surface area contributed by atoms with Gasteiger partial charge in [-0.3, -0.25) is 4.79 Å². The van der Waals surface area contributed by atoms with Gasteiger partial charge in [-0.25, -0.2) is 13.1 Å². The molecule has 0 spiro atoms. The molecule has 8 heteroatoms. The van der Waals surface area contributed by atoms with Crippen LogP contribution in [0.25, 0.3) is 0 Å². The molecule has 0 bridgehead atoms. The summed E-state index contributed by atoms with van der Waals surface area (Å²) >= 11 is 0. The number of nitrogens with zero attached hydrogens (tertiary/aromatic N) is 1. The van der Waals surface area contributed by atoms with Crippen molar-refractivity contribution in [2.24, 2.45) is 0 Å². The normalized spacial score (nSPS) is 24.7. The Hall–Kier alpha value is -1.15. The molecule has 0 aliphatic carbocycles. The second-order valence-corrected chi connectivity index (χ2v) is 8.05. The van der Waals surface area contributed by atoms with E-state index in [9.17, 15) is 13.2 Å². The number of nitrogens with one attached hydrogen (secondary N) is 2. The third-order valence-corrected chi connectivity index (χ3v) is 6.01. The number of carbonyl (C=O) groups is 1. The quantitative estimate of drug-likeness (QED) is 0.841. The molecule has 1 aromatic carbocycles. The molecular formula is C16H24ClN3O3S. The predicted molar refractivity (Wildman–Crippen MR) is 96.1 cm³/mol. The van der Waals surface area contributed by atoms with E-state index in [1.807, 2.05) is 0 Å². The molecule has 2 saturated heterocycles. The molecule has 2 aliphatic rings. The summed E-state index contributed by atoms with van der Waals surface area (Å²) in [6, 6.07) is 6.86. The molecule has 2 aliphatic heterocycles. The van der Waals surface area contributed by atoms with Gasteiger partial charge in [0.15, 0.2) is 0 Å².